The Labute approximate surface area is 172 Å². The smallest absolute Gasteiger partial charge is 0.281 e. The van der Waals surface area contributed by atoms with Crippen LogP contribution in [0.1, 0.15) is 0 Å². The van der Waals surface area contributed by atoms with Crippen molar-refractivity contribution < 1.29 is 4.74 Å². The van der Waals surface area contributed by atoms with Crippen LogP contribution in [0.5, 0.6) is 11.6 Å². The Morgan fingerprint density at radius 2 is 1.70 bits per heavy atom. The third kappa shape index (κ3) is 3.56. The second-order valence-electron chi connectivity index (χ2n) is 5.58. The lowest BCUT2D eigenvalue weighted by Crippen LogP contribution is -2.14. The number of fused-ring (bicyclic) bond motifs is 1. The highest BCUT2D eigenvalue weighted by Gasteiger charge is 2.17. The topological polar surface area (TPSA) is 56.5 Å². The standard InChI is InChI=1S/C19H10BrCl2N3O2/c20-11-3-1-4-12(9-11)27-16-8-7-15-18(19(26)23-10-25(15)24-16)17-13(21)5-2-6-14(17)22/h1-10H. The molecule has 2 aromatic heterocycles. The van der Waals surface area contributed by atoms with E-state index in [1.165, 1.54) is 10.8 Å². The van der Waals surface area contributed by atoms with Crippen LogP contribution in [0, 0.1) is 0 Å². The zero-order valence-corrected chi connectivity index (χ0v) is 16.7. The van der Waals surface area contributed by atoms with Gasteiger partial charge in [0.05, 0.1) is 21.1 Å². The summed E-state index contributed by atoms with van der Waals surface area (Å²) in [6.45, 7) is 0. The van der Waals surface area contributed by atoms with Gasteiger partial charge < -0.3 is 4.74 Å². The summed E-state index contributed by atoms with van der Waals surface area (Å²) in [6, 6.07) is 15.8. The van der Waals surface area contributed by atoms with Crippen molar-refractivity contribution in [3.8, 4) is 22.8 Å². The SMILES string of the molecule is O=c1ncn2nc(Oc3cccc(Br)c3)ccc2c1-c1c(Cl)cccc1Cl. The molecule has 0 radical (unpaired) electrons. The van der Waals surface area contributed by atoms with Gasteiger partial charge in [0.15, 0.2) is 0 Å². The van der Waals surface area contributed by atoms with Crippen molar-refractivity contribution in [2.75, 3.05) is 0 Å². The maximum atomic E-state index is 12.4. The molecule has 134 valence electrons. The molecule has 0 spiro atoms. The summed E-state index contributed by atoms with van der Waals surface area (Å²) in [7, 11) is 0. The highest BCUT2D eigenvalue weighted by Crippen LogP contribution is 2.35. The highest BCUT2D eigenvalue weighted by atomic mass is 79.9. The summed E-state index contributed by atoms with van der Waals surface area (Å²) in [6.07, 6.45) is 1.33. The summed E-state index contributed by atoms with van der Waals surface area (Å²) in [5.74, 6) is 0.974. The molecule has 0 aliphatic rings. The second kappa shape index (κ2) is 7.31. The van der Waals surface area contributed by atoms with E-state index in [1.807, 2.05) is 24.3 Å². The Morgan fingerprint density at radius 3 is 2.44 bits per heavy atom. The van der Waals surface area contributed by atoms with Crippen molar-refractivity contribution in [2.24, 2.45) is 0 Å². The van der Waals surface area contributed by atoms with Crippen LogP contribution in [-0.2, 0) is 0 Å². The first-order valence-corrected chi connectivity index (χ1v) is 9.34. The molecular formula is C19H10BrCl2N3O2. The fourth-order valence-electron chi connectivity index (χ4n) is 2.66. The molecule has 0 bridgehead atoms. The molecule has 4 rings (SSSR count). The van der Waals surface area contributed by atoms with Gasteiger partial charge in [-0.15, -0.1) is 5.10 Å². The van der Waals surface area contributed by atoms with Gasteiger partial charge in [0.1, 0.15) is 12.1 Å². The van der Waals surface area contributed by atoms with E-state index in [4.69, 9.17) is 27.9 Å². The predicted octanol–water partition coefficient (Wildman–Crippen LogP) is 5.62. The number of hydrogen-bond acceptors (Lipinski definition) is 4. The molecule has 0 aliphatic carbocycles. The number of aromatic nitrogens is 3. The Kier molecular flexibility index (Phi) is 4.86. The molecule has 0 fully saturated rings. The van der Waals surface area contributed by atoms with Crippen LogP contribution in [-0.4, -0.2) is 14.6 Å². The fourth-order valence-corrected chi connectivity index (χ4v) is 3.63. The molecule has 0 aliphatic heterocycles. The monoisotopic (exact) mass is 461 g/mol. The molecule has 4 aromatic rings. The summed E-state index contributed by atoms with van der Waals surface area (Å²) in [4.78, 5) is 16.3. The summed E-state index contributed by atoms with van der Waals surface area (Å²) >= 11 is 16.0. The number of hydrogen-bond donors (Lipinski definition) is 0. The first-order chi connectivity index (χ1) is 13.0. The first kappa shape index (κ1) is 18.0. The Hall–Kier alpha value is -2.41. The lowest BCUT2D eigenvalue weighted by Gasteiger charge is -2.11. The maximum absolute atomic E-state index is 12.4. The summed E-state index contributed by atoms with van der Waals surface area (Å²) < 4.78 is 8.12. The van der Waals surface area contributed by atoms with Crippen LogP contribution in [0.3, 0.4) is 0 Å². The minimum atomic E-state index is -0.438. The fraction of sp³-hybridized carbons (Fsp3) is 0. The van der Waals surface area contributed by atoms with E-state index in [1.54, 1.807) is 30.3 Å². The van der Waals surface area contributed by atoms with Gasteiger partial charge in [-0.1, -0.05) is 51.3 Å². The van der Waals surface area contributed by atoms with Gasteiger partial charge in [0.25, 0.3) is 5.56 Å². The average Bonchev–Trinajstić information content (AvgIpc) is 2.63. The largest absolute Gasteiger partial charge is 0.438 e. The summed E-state index contributed by atoms with van der Waals surface area (Å²) in [5, 5.41) is 5.11. The van der Waals surface area contributed by atoms with Crippen LogP contribution in [0.25, 0.3) is 16.6 Å². The Bertz CT molecular complexity index is 1210. The molecule has 0 N–H and O–H groups in total. The van der Waals surface area contributed by atoms with E-state index in [0.717, 1.165) is 4.47 Å². The number of rotatable bonds is 3. The van der Waals surface area contributed by atoms with Crippen LogP contribution in [0.15, 0.2) is 70.2 Å². The molecule has 27 heavy (non-hydrogen) atoms. The van der Waals surface area contributed by atoms with E-state index in [0.29, 0.717) is 32.8 Å². The molecule has 5 nitrogen and oxygen atoms in total. The molecule has 0 amide bonds. The van der Waals surface area contributed by atoms with Gasteiger partial charge >= 0.3 is 0 Å². The highest BCUT2D eigenvalue weighted by molar-refractivity contribution is 9.10. The van der Waals surface area contributed by atoms with E-state index in [2.05, 4.69) is 26.0 Å². The Morgan fingerprint density at radius 1 is 0.963 bits per heavy atom. The third-order valence-electron chi connectivity index (χ3n) is 3.82. The quantitative estimate of drug-likeness (QED) is 0.396. The van der Waals surface area contributed by atoms with E-state index in [9.17, 15) is 4.79 Å². The molecule has 0 saturated heterocycles. The minimum Gasteiger partial charge on any atom is -0.438 e. The van der Waals surface area contributed by atoms with Gasteiger partial charge in [0.2, 0.25) is 5.88 Å². The van der Waals surface area contributed by atoms with Gasteiger partial charge in [-0.2, -0.15) is 4.98 Å². The molecule has 8 heteroatoms. The van der Waals surface area contributed by atoms with Crippen LogP contribution in [0.4, 0.5) is 0 Å². The normalized spacial score (nSPS) is 10.9. The average molecular weight is 463 g/mol. The van der Waals surface area contributed by atoms with Crippen molar-refractivity contribution in [1.82, 2.24) is 14.6 Å². The summed E-state index contributed by atoms with van der Waals surface area (Å²) in [5.41, 5.74) is 0.799. The first-order valence-electron chi connectivity index (χ1n) is 7.79. The van der Waals surface area contributed by atoms with Gasteiger partial charge in [-0.05, 0) is 36.4 Å². The molecular weight excluding hydrogens is 453 g/mol. The number of ether oxygens (including phenoxy) is 1. The van der Waals surface area contributed by atoms with E-state index >= 15 is 0 Å². The zero-order chi connectivity index (χ0) is 19.0. The lowest BCUT2D eigenvalue weighted by atomic mass is 10.1. The predicted molar refractivity (Wildman–Crippen MR) is 109 cm³/mol. The number of nitrogens with zero attached hydrogens (tertiary/aromatic N) is 3. The molecule has 2 heterocycles. The van der Waals surface area contributed by atoms with Crippen LogP contribution >= 0.6 is 39.1 Å². The van der Waals surface area contributed by atoms with Crippen molar-refractivity contribution in [3.63, 3.8) is 0 Å². The number of halogens is 3. The van der Waals surface area contributed by atoms with Crippen LogP contribution < -0.4 is 10.3 Å². The molecule has 2 aromatic carbocycles. The molecule has 0 unspecified atom stereocenters. The van der Waals surface area contributed by atoms with Crippen molar-refractivity contribution in [3.05, 3.63) is 85.8 Å². The van der Waals surface area contributed by atoms with Crippen molar-refractivity contribution >= 4 is 44.6 Å². The Balaban J connectivity index is 1.85. The third-order valence-corrected chi connectivity index (χ3v) is 4.95. The second-order valence-corrected chi connectivity index (χ2v) is 7.31. The van der Waals surface area contributed by atoms with Gasteiger partial charge in [0, 0.05) is 16.1 Å². The number of benzene rings is 2. The lowest BCUT2D eigenvalue weighted by molar-refractivity contribution is 0.451. The van der Waals surface area contributed by atoms with Gasteiger partial charge in [-0.25, -0.2) is 4.52 Å². The van der Waals surface area contributed by atoms with E-state index in [-0.39, 0.29) is 5.56 Å². The molecule has 0 atom stereocenters. The van der Waals surface area contributed by atoms with Crippen molar-refractivity contribution in [2.45, 2.75) is 0 Å². The van der Waals surface area contributed by atoms with E-state index < -0.39 is 5.56 Å². The van der Waals surface area contributed by atoms with Gasteiger partial charge in [-0.3, -0.25) is 4.79 Å². The van der Waals surface area contributed by atoms with Crippen molar-refractivity contribution in [1.29, 1.82) is 0 Å². The molecule has 0 saturated carbocycles. The zero-order valence-electron chi connectivity index (χ0n) is 13.6. The van der Waals surface area contributed by atoms with Crippen LogP contribution in [0.2, 0.25) is 10.0 Å². The minimum absolute atomic E-state index is 0.287. The maximum Gasteiger partial charge on any atom is 0.281 e.